The maximum atomic E-state index is 11.6. The number of nitrogens with zero attached hydrogens (tertiary/aromatic N) is 3. The monoisotopic (exact) mass is 358 g/mol. The Bertz CT molecular complexity index is 673. The fourth-order valence-corrected chi connectivity index (χ4v) is 3.18. The van der Waals surface area contributed by atoms with E-state index in [-0.39, 0.29) is 5.24 Å². The van der Waals surface area contributed by atoms with Crippen LogP contribution in [0.5, 0.6) is 0 Å². The molecule has 1 amide bonds. The van der Waals surface area contributed by atoms with Gasteiger partial charge in [0, 0.05) is 46.4 Å². The van der Waals surface area contributed by atoms with Crippen LogP contribution in [0, 0.1) is 0 Å². The second-order valence-corrected chi connectivity index (χ2v) is 7.55. The molecule has 0 saturated heterocycles. The van der Waals surface area contributed by atoms with Crippen molar-refractivity contribution >= 4 is 35.0 Å². The Hall–Kier alpha value is -2.01. The number of carbonyl (C=O) groups is 1. The third kappa shape index (κ3) is 6.42. The summed E-state index contributed by atoms with van der Waals surface area (Å²) in [5.74, 6) is 0.824. The number of carbonyl (C=O) groups excluding carboxylic acids is 1. The molecule has 0 spiro atoms. The van der Waals surface area contributed by atoms with E-state index in [4.69, 9.17) is 0 Å². The highest BCUT2D eigenvalue weighted by molar-refractivity contribution is 8.13. The normalized spacial score (nSPS) is 14.2. The molecule has 0 radical (unpaired) electrons. The van der Waals surface area contributed by atoms with Crippen molar-refractivity contribution in [2.45, 2.75) is 6.42 Å². The molecule has 0 N–H and O–H groups in total. The molecule has 1 heterocycles. The lowest BCUT2D eigenvalue weighted by Crippen LogP contribution is -2.23. The minimum absolute atomic E-state index is 0.122. The van der Waals surface area contributed by atoms with Crippen LogP contribution in [0.15, 0.2) is 42.0 Å². The summed E-state index contributed by atoms with van der Waals surface area (Å²) in [5.41, 5.74) is 3.76. The summed E-state index contributed by atoms with van der Waals surface area (Å²) in [5, 5.41) is 0.122. The van der Waals surface area contributed by atoms with Gasteiger partial charge in [0.1, 0.15) is 6.54 Å². The van der Waals surface area contributed by atoms with E-state index in [0.717, 1.165) is 25.3 Å². The van der Waals surface area contributed by atoms with Crippen molar-refractivity contribution in [3.8, 4) is 0 Å². The number of amides is 1. The molecule has 134 valence electrons. The van der Waals surface area contributed by atoms with Crippen LogP contribution in [0.3, 0.4) is 0 Å². The highest BCUT2D eigenvalue weighted by Crippen LogP contribution is 2.15. The summed E-state index contributed by atoms with van der Waals surface area (Å²) in [6.07, 6.45) is 9.71. The Balaban J connectivity index is 1.84. The van der Waals surface area contributed by atoms with Crippen LogP contribution in [0.2, 0.25) is 0 Å². The number of hydrogen-bond donors (Lipinski definition) is 0. The van der Waals surface area contributed by atoms with Gasteiger partial charge in [-0.2, -0.15) is 0 Å². The molecular weight excluding hydrogens is 330 g/mol. The van der Waals surface area contributed by atoms with Crippen molar-refractivity contribution in [1.82, 2.24) is 4.90 Å². The first-order valence-corrected chi connectivity index (χ1v) is 9.52. The number of thioether (sulfide) groups is 1. The molecule has 1 aliphatic rings. The Kier molecular flexibility index (Phi) is 7.31. The standard InChI is InChI=1S/C20H28N3OS/c1-21(2)19-9-7-17(8-10-19)5-6-18-11-13-23(14-12-18)15-16-25-20(24)22(3)4/h5-11,13H,12,14-16H2,1-4H3/q+1. The van der Waals surface area contributed by atoms with Gasteiger partial charge < -0.3 is 9.80 Å². The minimum atomic E-state index is 0.122. The lowest BCUT2D eigenvalue weighted by Gasteiger charge is -2.12. The van der Waals surface area contributed by atoms with Crippen LogP contribution in [0.1, 0.15) is 12.0 Å². The summed E-state index contributed by atoms with van der Waals surface area (Å²) in [7, 11) is 7.68. The van der Waals surface area contributed by atoms with Crippen LogP contribution < -0.4 is 4.90 Å². The van der Waals surface area contributed by atoms with Crippen molar-refractivity contribution in [2.24, 2.45) is 0 Å². The molecule has 0 atom stereocenters. The van der Waals surface area contributed by atoms with Crippen LogP contribution in [-0.4, -0.2) is 68.0 Å². The number of anilines is 1. The predicted molar refractivity (Wildman–Crippen MR) is 110 cm³/mol. The molecule has 0 aliphatic carbocycles. The van der Waals surface area contributed by atoms with Gasteiger partial charge in [-0.25, -0.2) is 4.58 Å². The van der Waals surface area contributed by atoms with Gasteiger partial charge in [-0.3, -0.25) is 4.79 Å². The van der Waals surface area contributed by atoms with Crippen LogP contribution in [0.25, 0.3) is 6.08 Å². The Labute approximate surface area is 155 Å². The van der Waals surface area contributed by atoms with Gasteiger partial charge in [0.2, 0.25) is 0 Å². The molecule has 5 heteroatoms. The van der Waals surface area contributed by atoms with Gasteiger partial charge in [-0.05, 0) is 23.3 Å². The molecule has 1 aromatic rings. The topological polar surface area (TPSA) is 26.6 Å². The summed E-state index contributed by atoms with van der Waals surface area (Å²) in [6.45, 7) is 1.91. The molecule has 0 aromatic heterocycles. The van der Waals surface area contributed by atoms with Crippen molar-refractivity contribution in [2.75, 3.05) is 51.9 Å². The molecule has 2 rings (SSSR count). The summed E-state index contributed by atoms with van der Waals surface area (Å²) in [6, 6.07) is 8.55. The fourth-order valence-electron chi connectivity index (χ4n) is 2.42. The van der Waals surface area contributed by atoms with Crippen LogP contribution in [-0.2, 0) is 0 Å². The third-order valence-corrected chi connectivity index (χ3v) is 5.05. The maximum absolute atomic E-state index is 11.6. The van der Waals surface area contributed by atoms with E-state index >= 15 is 0 Å². The van der Waals surface area contributed by atoms with Crippen molar-refractivity contribution in [3.05, 3.63) is 47.6 Å². The van der Waals surface area contributed by atoms with Crippen LogP contribution in [0.4, 0.5) is 10.5 Å². The zero-order valence-corrected chi connectivity index (χ0v) is 16.4. The first-order valence-electron chi connectivity index (χ1n) is 8.53. The predicted octanol–water partition coefficient (Wildman–Crippen LogP) is 3.59. The van der Waals surface area contributed by atoms with E-state index in [2.05, 4.69) is 58.2 Å². The fraction of sp³-hybridized carbons (Fsp3) is 0.400. The van der Waals surface area contributed by atoms with E-state index in [1.807, 2.05) is 14.1 Å². The summed E-state index contributed by atoms with van der Waals surface area (Å²) in [4.78, 5) is 15.3. The first-order chi connectivity index (χ1) is 12.0. The smallest absolute Gasteiger partial charge is 0.281 e. The molecular formula is C20H28N3OS+. The lowest BCUT2D eigenvalue weighted by molar-refractivity contribution is -0.518. The zero-order valence-electron chi connectivity index (χ0n) is 15.6. The molecule has 4 nitrogen and oxygen atoms in total. The van der Waals surface area contributed by atoms with Crippen molar-refractivity contribution < 1.29 is 9.37 Å². The number of rotatable bonds is 6. The minimum Gasteiger partial charge on any atom is -0.378 e. The number of allylic oxidation sites excluding steroid dienone is 2. The molecule has 0 saturated carbocycles. The van der Waals surface area contributed by atoms with Crippen molar-refractivity contribution in [3.63, 3.8) is 0 Å². The molecule has 0 unspecified atom stereocenters. The summed E-state index contributed by atoms with van der Waals surface area (Å²) < 4.78 is 2.28. The van der Waals surface area contributed by atoms with Gasteiger partial charge in [-0.1, -0.05) is 36.0 Å². The number of benzene rings is 1. The highest BCUT2D eigenvalue weighted by Gasteiger charge is 2.12. The average Bonchev–Trinajstić information content (AvgIpc) is 2.61. The van der Waals surface area contributed by atoms with E-state index in [0.29, 0.717) is 0 Å². The first kappa shape index (κ1) is 19.3. The van der Waals surface area contributed by atoms with Crippen LogP contribution >= 0.6 is 11.8 Å². The molecule has 1 aliphatic heterocycles. The highest BCUT2D eigenvalue weighted by atomic mass is 32.2. The quantitative estimate of drug-likeness (QED) is 0.727. The van der Waals surface area contributed by atoms with E-state index in [1.54, 1.807) is 19.0 Å². The Morgan fingerprint density at radius 2 is 1.88 bits per heavy atom. The molecule has 0 bridgehead atoms. The maximum Gasteiger partial charge on any atom is 0.281 e. The third-order valence-electron chi connectivity index (χ3n) is 4.06. The average molecular weight is 359 g/mol. The van der Waals surface area contributed by atoms with Gasteiger partial charge in [-0.15, -0.1) is 0 Å². The number of hydrogen-bond acceptors (Lipinski definition) is 3. The second kappa shape index (κ2) is 9.47. The largest absolute Gasteiger partial charge is 0.378 e. The Morgan fingerprint density at radius 3 is 2.44 bits per heavy atom. The molecule has 25 heavy (non-hydrogen) atoms. The van der Waals surface area contributed by atoms with E-state index in [9.17, 15) is 4.79 Å². The zero-order chi connectivity index (χ0) is 18.2. The van der Waals surface area contributed by atoms with Gasteiger partial charge in [0.25, 0.3) is 5.24 Å². The molecule has 0 fully saturated rings. The van der Waals surface area contributed by atoms with E-state index in [1.165, 1.54) is 28.6 Å². The summed E-state index contributed by atoms with van der Waals surface area (Å²) >= 11 is 1.38. The molecule has 1 aromatic carbocycles. The van der Waals surface area contributed by atoms with Gasteiger partial charge >= 0.3 is 0 Å². The lowest BCUT2D eigenvalue weighted by atomic mass is 10.1. The Morgan fingerprint density at radius 1 is 1.16 bits per heavy atom. The second-order valence-electron chi connectivity index (χ2n) is 6.50. The van der Waals surface area contributed by atoms with E-state index < -0.39 is 0 Å². The van der Waals surface area contributed by atoms with Gasteiger partial charge in [0.05, 0.1) is 5.75 Å². The van der Waals surface area contributed by atoms with Gasteiger partial charge in [0.15, 0.2) is 12.8 Å². The van der Waals surface area contributed by atoms with Crippen molar-refractivity contribution in [1.29, 1.82) is 0 Å². The SMILES string of the molecule is CN(C)C(=O)SCC[N+]1=CC=C(/C=C/c2ccc(N(C)C)cc2)CC1.